The van der Waals surface area contributed by atoms with Gasteiger partial charge in [-0.25, -0.2) is 4.98 Å². The lowest BCUT2D eigenvalue weighted by Gasteiger charge is -2.26. The molecule has 0 radical (unpaired) electrons. The van der Waals surface area contributed by atoms with E-state index in [4.69, 9.17) is 9.47 Å². The molecule has 0 bridgehead atoms. The monoisotopic (exact) mass is 250 g/mol. The van der Waals surface area contributed by atoms with Crippen molar-refractivity contribution in [2.24, 2.45) is 0 Å². The average Bonchev–Trinajstić information content (AvgIpc) is 2.45. The van der Waals surface area contributed by atoms with Gasteiger partial charge in [0, 0.05) is 37.5 Å². The van der Waals surface area contributed by atoms with E-state index in [2.05, 4.69) is 9.88 Å². The second kappa shape index (κ2) is 7.08. The van der Waals surface area contributed by atoms with Crippen molar-refractivity contribution in [3.63, 3.8) is 0 Å². The minimum atomic E-state index is 0.565. The van der Waals surface area contributed by atoms with Crippen LogP contribution < -0.4 is 4.74 Å². The molecule has 1 aliphatic heterocycles. The Labute approximate surface area is 107 Å². The molecule has 0 unspecified atom stereocenters. The van der Waals surface area contributed by atoms with Crippen LogP contribution in [-0.4, -0.2) is 55.6 Å². The first-order valence-corrected chi connectivity index (χ1v) is 6.22. The Morgan fingerprint density at radius 2 is 2.22 bits per heavy atom. The molecule has 0 saturated carbocycles. The van der Waals surface area contributed by atoms with E-state index in [1.54, 1.807) is 12.1 Å². The summed E-state index contributed by atoms with van der Waals surface area (Å²) in [4.78, 5) is 16.9. The zero-order valence-electron chi connectivity index (χ0n) is 10.4. The van der Waals surface area contributed by atoms with Crippen molar-refractivity contribution in [3.8, 4) is 5.88 Å². The van der Waals surface area contributed by atoms with Gasteiger partial charge in [0.15, 0.2) is 6.29 Å². The second-order valence-corrected chi connectivity index (χ2v) is 4.20. The minimum absolute atomic E-state index is 0.565. The van der Waals surface area contributed by atoms with Crippen LogP contribution >= 0.6 is 0 Å². The fraction of sp³-hybridized carbons (Fsp3) is 0.538. The third-order valence-electron chi connectivity index (χ3n) is 2.87. The van der Waals surface area contributed by atoms with Crippen molar-refractivity contribution in [1.82, 2.24) is 9.88 Å². The zero-order chi connectivity index (χ0) is 12.6. The van der Waals surface area contributed by atoms with Crippen LogP contribution in [0.15, 0.2) is 18.3 Å². The fourth-order valence-corrected chi connectivity index (χ4v) is 1.84. The number of morpholine rings is 1. The number of pyridine rings is 1. The molecule has 2 heterocycles. The molecule has 1 fully saturated rings. The molecular formula is C13H18N2O3. The van der Waals surface area contributed by atoms with Gasteiger partial charge in [0.05, 0.1) is 19.8 Å². The number of hydrogen-bond donors (Lipinski definition) is 0. The molecule has 1 aliphatic rings. The highest BCUT2D eigenvalue weighted by molar-refractivity contribution is 5.73. The van der Waals surface area contributed by atoms with Crippen LogP contribution in [0.5, 0.6) is 5.88 Å². The summed E-state index contributed by atoms with van der Waals surface area (Å²) in [7, 11) is 0. The van der Waals surface area contributed by atoms with Gasteiger partial charge >= 0.3 is 0 Å². The molecule has 0 aliphatic carbocycles. The average molecular weight is 250 g/mol. The number of carbonyl (C=O) groups excluding carboxylic acids is 1. The van der Waals surface area contributed by atoms with Gasteiger partial charge in [-0.2, -0.15) is 0 Å². The maximum Gasteiger partial charge on any atom is 0.213 e. The van der Waals surface area contributed by atoms with Crippen molar-refractivity contribution in [3.05, 3.63) is 23.9 Å². The number of rotatable bonds is 6. The fourth-order valence-electron chi connectivity index (χ4n) is 1.84. The number of aromatic nitrogens is 1. The molecule has 98 valence electrons. The molecule has 2 rings (SSSR count). The van der Waals surface area contributed by atoms with E-state index in [1.807, 2.05) is 0 Å². The van der Waals surface area contributed by atoms with Gasteiger partial charge in [-0.05, 0) is 12.5 Å². The van der Waals surface area contributed by atoms with Crippen molar-refractivity contribution in [2.75, 3.05) is 39.5 Å². The maximum absolute atomic E-state index is 10.5. The molecule has 0 spiro atoms. The molecule has 1 saturated heterocycles. The van der Waals surface area contributed by atoms with Crippen LogP contribution in [0.2, 0.25) is 0 Å². The number of nitrogens with zero attached hydrogens (tertiary/aromatic N) is 2. The highest BCUT2D eigenvalue weighted by Gasteiger charge is 2.09. The molecule has 1 aromatic heterocycles. The van der Waals surface area contributed by atoms with Gasteiger partial charge in [0.1, 0.15) is 0 Å². The standard InChI is InChI=1S/C13H18N2O3/c16-11-12-2-3-13(14-10-12)18-7-1-4-15-5-8-17-9-6-15/h2-3,10-11H,1,4-9H2. The van der Waals surface area contributed by atoms with Crippen LogP contribution in [0.1, 0.15) is 16.8 Å². The number of carbonyl (C=O) groups is 1. The first-order chi connectivity index (χ1) is 8.88. The summed E-state index contributed by atoms with van der Waals surface area (Å²) in [6.07, 6.45) is 3.26. The van der Waals surface area contributed by atoms with Crippen LogP contribution in [0.3, 0.4) is 0 Å². The Morgan fingerprint density at radius 1 is 1.39 bits per heavy atom. The lowest BCUT2D eigenvalue weighted by Crippen LogP contribution is -2.37. The van der Waals surface area contributed by atoms with Crippen LogP contribution in [0, 0.1) is 0 Å². The summed E-state index contributed by atoms with van der Waals surface area (Å²) in [5, 5.41) is 0. The first-order valence-electron chi connectivity index (χ1n) is 6.22. The van der Waals surface area contributed by atoms with Crippen molar-refractivity contribution < 1.29 is 14.3 Å². The quantitative estimate of drug-likeness (QED) is 0.557. The van der Waals surface area contributed by atoms with E-state index in [0.717, 1.165) is 45.6 Å². The van der Waals surface area contributed by atoms with E-state index in [0.29, 0.717) is 18.1 Å². The molecule has 5 nitrogen and oxygen atoms in total. The van der Waals surface area contributed by atoms with Gasteiger partial charge in [-0.1, -0.05) is 0 Å². The Kier molecular flexibility index (Phi) is 5.11. The Hall–Kier alpha value is -1.46. The molecule has 1 aromatic rings. The number of hydrogen-bond acceptors (Lipinski definition) is 5. The molecule has 0 atom stereocenters. The van der Waals surface area contributed by atoms with E-state index in [1.165, 1.54) is 6.20 Å². The Morgan fingerprint density at radius 3 is 2.89 bits per heavy atom. The van der Waals surface area contributed by atoms with Crippen molar-refractivity contribution >= 4 is 6.29 Å². The molecule has 0 aromatic carbocycles. The van der Waals surface area contributed by atoms with E-state index in [9.17, 15) is 4.79 Å². The topological polar surface area (TPSA) is 51.7 Å². The van der Waals surface area contributed by atoms with E-state index in [-0.39, 0.29) is 0 Å². The van der Waals surface area contributed by atoms with E-state index >= 15 is 0 Å². The normalized spacial score (nSPS) is 16.4. The molecule has 0 N–H and O–H groups in total. The van der Waals surface area contributed by atoms with Gasteiger partial charge in [-0.3, -0.25) is 9.69 Å². The Balaban J connectivity index is 1.63. The van der Waals surface area contributed by atoms with Crippen molar-refractivity contribution in [2.45, 2.75) is 6.42 Å². The molecule has 5 heteroatoms. The Bertz CT molecular complexity index is 361. The smallest absolute Gasteiger partial charge is 0.213 e. The van der Waals surface area contributed by atoms with Crippen LogP contribution in [0.4, 0.5) is 0 Å². The third kappa shape index (κ3) is 4.09. The van der Waals surface area contributed by atoms with Gasteiger partial charge in [0.25, 0.3) is 0 Å². The molecule has 18 heavy (non-hydrogen) atoms. The minimum Gasteiger partial charge on any atom is -0.478 e. The highest BCUT2D eigenvalue weighted by atomic mass is 16.5. The SMILES string of the molecule is O=Cc1ccc(OCCCN2CCOCC2)nc1. The predicted molar refractivity (Wildman–Crippen MR) is 67.0 cm³/mol. The van der Waals surface area contributed by atoms with Gasteiger partial charge in [0.2, 0.25) is 5.88 Å². The summed E-state index contributed by atoms with van der Waals surface area (Å²) in [5.74, 6) is 0.572. The molecule has 0 amide bonds. The van der Waals surface area contributed by atoms with Gasteiger partial charge in [-0.15, -0.1) is 0 Å². The number of ether oxygens (including phenoxy) is 2. The summed E-state index contributed by atoms with van der Waals surface area (Å²) >= 11 is 0. The van der Waals surface area contributed by atoms with Crippen LogP contribution in [0.25, 0.3) is 0 Å². The van der Waals surface area contributed by atoms with E-state index < -0.39 is 0 Å². The van der Waals surface area contributed by atoms with Gasteiger partial charge < -0.3 is 9.47 Å². The summed E-state index contributed by atoms with van der Waals surface area (Å²) in [6, 6.07) is 3.43. The summed E-state index contributed by atoms with van der Waals surface area (Å²) < 4.78 is 10.8. The second-order valence-electron chi connectivity index (χ2n) is 4.20. The highest BCUT2D eigenvalue weighted by Crippen LogP contribution is 2.07. The van der Waals surface area contributed by atoms with Crippen molar-refractivity contribution in [1.29, 1.82) is 0 Å². The maximum atomic E-state index is 10.5. The lowest BCUT2D eigenvalue weighted by atomic mass is 10.3. The van der Waals surface area contributed by atoms with Crippen LogP contribution in [-0.2, 0) is 4.74 Å². The summed E-state index contributed by atoms with van der Waals surface area (Å²) in [5.41, 5.74) is 0.565. The largest absolute Gasteiger partial charge is 0.478 e. The zero-order valence-corrected chi connectivity index (χ0v) is 10.4. The number of aldehydes is 1. The molecular weight excluding hydrogens is 232 g/mol. The summed E-state index contributed by atoms with van der Waals surface area (Å²) in [6.45, 7) is 5.34. The lowest BCUT2D eigenvalue weighted by molar-refractivity contribution is 0.0357. The first kappa shape index (κ1) is 13.0. The predicted octanol–water partition coefficient (Wildman–Crippen LogP) is 0.995. The third-order valence-corrected chi connectivity index (χ3v) is 2.87.